The smallest absolute Gasteiger partial charge is 0.339 e. The van der Waals surface area contributed by atoms with Crippen LogP contribution in [0.4, 0.5) is 5.82 Å². The third kappa shape index (κ3) is 4.33. The largest absolute Gasteiger partial charge is 0.431 e. The highest BCUT2D eigenvalue weighted by atomic mass is 31.2. The second kappa shape index (κ2) is 7.18. The van der Waals surface area contributed by atoms with E-state index in [1.165, 1.54) is 6.33 Å². The summed E-state index contributed by atoms with van der Waals surface area (Å²) in [6, 6.07) is 8.75. The first kappa shape index (κ1) is 17.3. The van der Waals surface area contributed by atoms with Crippen LogP contribution >= 0.6 is 7.52 Å². The normalized spacial score (nSPS) is 15.0. The van der Waals surface area contributed by atoms with Crippen molar-refractivity contribution in [1.29, 1.82) is 0 Å². The van der Waals surface area contributed by atoms with Crippen molar-refractivity contribution in [3.05, 3.63) is 43.0 Å². The number of ether oxygens (including phenoxy) is 1. The molecular weight excluding hydrogens is 343 g/mol. The van der Waals surface area contributed by atoms with Crippen molar-refractivity contribution in [1.82, 2.24) is 19.5 Å². The van der Waals surface area contributed by atoms with Crippen LogP contribution < -0.4 is 15.8 Å². The van der Waals surface area contributed by atoms with E-state index in [-0.39, 0.29) is 12.5 Å². The van der Waals surface area contributed by atoms with Crippen LogP contribution in [0.5, 0.6) is 5.75 Å². The van der Waals surface area contributed by atoms with Gasteiger partial charge in [-0.3, -0.25) is 4.57 Å². The van der Waals surface area contributed by atoms with E-state index in [1.807, 2.05) is 13.0 Å². The molecule has 9 nitrogen and oxygen atoms in total. The average Bonchev–Trinajstić information content (AvgIpc) is 2.98. The topological polar surface area (TPSA) is 131 Å². The highest BCUT2D eigenvalue weighted by Gasteiger charge is 2.21. The van der Waals surface area contributed by atoms with Crippen LogP contribution in [0.1, 0.15) is 6.92 Å². The van der Waals surface area contributed by atoms with Crippen molar-refractivity contribution in [3.8, 4) is 5.75 Å². The number of benzene rings is 1. The van der Waals surface area contributed by atoms with Crippen LogP contribution in [-0.2, 0) is 15.8 Å². The number of aromatic nitrogens is 4. The number of fused-ring (bicyclic) bond motifs is 1. The van der Waals surface area contributed by atoms with E-state index in [4.69, 9.17) is 20.5 Å². The molecule has 2 aromatic heterocycles. The summed E-state index contributed by atoms with van der Waals surface area (Å²) in [5, 5.41) is 0. The predicted octanol–water partition coefficient (Wildman–Crippen LogP) is 2.00. The summed E-state index contributed by atoms with van der Waals surface area (Å²) in [5.41, 5.74) is 12.6. The Morgan fingerprint density at radius 1 is 1.24 bits per heavy atom. The molecule has 0 aliphatic carbocycles. The van der Waals surface area contributed by atoms with Crippen molar-refractivity contribution in [2.75, 3.05) is 12.1 Å². The second-order valence-electron chi connectivity index (χ2n) is 5.56. The first-order valence-corrected chi connectivity index (χ1v) is 9.48. The molecule has 0 amide bonds. The number of nitrogens with zero attached hydrogens (tertiary/aromatic N) is 4. The van der Waals surface area contributed by atoms with Gasteiger partial charge >= 0.3 is 7.52 Å². The Morgan fingerprint density at radius 2 is 2.00 bits per heavy atom. The zero-order valence-corrected chi connectivity index (χ0v) is 14.5. The summed E-state index contributed by atoms with van der Waals surface area (Å²) in [7, 11) is -3.41. The molecule has 10 heteroatoms. The fourth-order valence-corrected chi connectivity index (χ4v) is 3.27. The first-order chi connectivity index (χ1) is 11.9. The van der Waals surface area contributed by atoms with Gasteiger partial charge in [-0.1, -0.05) is 18.2 Å². The quantitative estimate of drug-likeness (QED) is 0.610. The van der Waals surface area contributed by atoms with Gasteiger partial charge in [-0.2, -0.15) is 0 Å². The minimum absolute atomic E-state index is 0.202. The number of rotatable bonds is 7. The molecule has 3 aromatic rings. The Labute approximate surface area is 144 Å². The molecule has 4 N–H and O–H groups in total. The van der Waals surface area contributed by atoms with Gasteiger partial charge in [-0.25, -0.2) is 20.5 Å². The molecule has 0 radical (unpaired) electrons. The molecule has 0 bridgehead atoms. The molecule has 0 aliphatic heterocycles. The van der Waals surface area contributed by atoms with Gasteiger partial charge in [0.2, 0.25) is 0 Å². The van der Waals surface area contributed by atoms with Crippen molar-refractivity contribution in [2.45, 2.75) is 19.6 Å². The van der Waals surface area contributed by atoms with E-state index in [0.29, 0.717) is 29.3 Å². The lowest BCUT2D eigenvalue weighted by molar-refractivity contribution is 0.0830. The number of hydrogen-bond acceptors (Lipinski definition) is 7. The number of anilines is 1. The van der Waals surface area contributed by atoms with Gasteiger partial charge in [-0.15, -0.1) is 0 Å². The van der Waals surface area contributed by atoms with Gasteiger partial charge in [0, 0.05) is 0 Å². The van der Waals surface area contributed by atoms with Crippen molar-refractivity contribution >= 4 is 24.5 Å². The lowest BCUT2D eigenvalue weighted by atomic mass is 10.3. The summed E-state index contributed by atoms with van der Waals surface area (Å²) in [5.74, 6) is 0.761. The molecule has 1 aromatic carbocycles. The van der Waals surface area contributed by atoms with E-state index >= 15 is 0 Å². The lowest BCUT2D eigenvalue weighted by Crippen LogP contribution is -2.19. The Hall–Kier alpha value is -2.48. The van der Waals surface area contributed by atoms with Gasteiger partial charge in [-0.05, 0) is 19.1 Å². The first-order valence-electron chi connectivity index (χ1n) is 7.60. The Balaban J connectivity index is 1.59. The number of hydrogen-bond donors (Lipinski definition) is 2. The zero-order valence-electron chi connectivity index (χ0n) is 13.6. The maximum Gasteiger partial charge on any atom is 0.339 e. The molecule has 0 spiro atoms. The highest BCUT2D eigenvalue weighted by molar-refractivity contribution is 7.56. The zero-order chi connectivity index (χ0) is 17.9. The fourth-order valence-electron chi connectivity index (χ4n) is 2.28. The monoisotopic (exact) mass is 362 g/mol. The molecule has 0 fully saturated rings. The average molecular weight is 362 g/mol. The highest BCUT2D eigenvalue weighted by Crippen LogP contribution is 2.39. The SMILES string of the molecule is C[C@H](Cn1cnc2c(N)ncnc21)OCP(N)(=O)Oc1ccccc1. The third-order valence-electron chi connectivity index (χ3n) is 3.43. The van der Waals surface area contributed by atoms with E-state index in [9.17, 15) is 4.57 Å². The van der Waals surface area contributed by atoms with Crippen LogP contribution in [0.3, 0.4) is 0 Å². The molecule has 132 valence electrons. The molecule has 0 aliphatic rings. The van der Waals surface area contributed by atoms with E-state index in [1.54, 1.807) is 35.2 Å². The van der Waals surface area contributed by atoms with Gasteiger partial charge in [0.05, 0.1) is 19.0 Å². The Kier molecular flexibility index (Phi) is 4.98. The van der Waals surface area contributed by atoms with E-state index in [2.05, 4.69) is 15.0 Å². The molecule has 2 heterocycles. The van der Waals surface area contributed by atoms with Crippen molar-refractivity contribution in [3.63, 3.8) is 0 Å². The third-order valence-corrected chi connectivity index (χ3v) is 4.45. The molecule has 2 atom stereocenters. The van der Waals surface area contributed by atoms with Crippen LogP contribution in [0, 0.1) is 0 Å². The summed E-state index contributed by atoms with van der Waals surface area (Å²) in [4.78, 5) is 12.3. The molecule has 3 rings (SSSR count). The van der Waals surface area contributed by atoms with Crippen LogP contribution in [0.25, 0.3) is 11.2 Å². The molecule has 0 saturated carbocycles. The molecule has 25 heavy (non-hydrogen) atoms. The number of para-hydroxylation sites is 1. The van der Waals surface area contributed by atoms with Crippen LogP contribution in [-0.4, -0.2) is 32.0 Å². The predicted molar refractivity (Wildman–Crippen MR) is 94.0 cm³/mol. The lowest BCUT2D eigenvalue weighted by Gasteiger charge is -2.18. The minimum atomic E-state index is -3.41. The van der Waals surface area contributed by atoms with Gasteiger partial charge in [0.25, 0.3) is 0 Å². The van der Waals surface area contributed by atoms with Gasteiger partial charge in [0.1, 0.15) is 23.9 Å². The van der Waals surface area contributed by atoms with Gasteiger partial charge in [0.15, 0.2) is 11.5 Å². The van der Waals surface area contributed by atoms with Crippen LogP contribution in [0.2, 0.25) is 0 Å². The summed E-state index contributed by atoms with van der Waals surface area (Å²) in [6.45, 7) is 2.27. The fraction of sp³-hybridized carbons (Fsp3) is 0.267. The van der Waals surface area contributed by atoms with E-state index in [0.717, 1.165) is 0 Å². The molecule has 0 saturated heterocycles. The number of nitrogen functional groups attached to an aromatic ring is 1. The summed E-state index contributed by atoms with van der Waals surface area (Å²) < 4.78 is 25.0. The maximum absolute atomic E-state index is 12.3. The molecular formula is C15H19N6O3P. The Bertz CT molecular complexity index is 901. The second-order valence-corrected chi connectivity index (χ2v) is 7.46. The number of nitrogens with two attached hydrogens (primary N) is 2. The maximum atomic E-state index is 12.3. The minimum Gasteiger partial charge on any atom is -0.431 e. The number of imidazole rings is 1. The van der Waals surface area contributed by atoms with Crippen LogP contribution in [0.15, 0.2) is 43.0 Å². The van der Waals surface area contributed by atoms with Gasteiger partial charge < -0.3 is 19.6 Å². The summed E-state index contributed by atoms with van der Waals surface area (Å²) in [6.07, 6.45) is 2.50. The van der Waals surface area contributed by atoms with Crippen molar-refractivity contribution < 1.29 is 13.8 Å². The summed E-state index contributed by atoms with van der Waals surface area (Å²) >= 11 is 0. The Morgan fingerprint density at radius 3 is 2.76 bits per heavy atom. The molecule has 1 unspecified atom stereocenters. The standard InChI is InChI=1S/C15H19N6O3P/c1-11(7-21-9-20-13-14(16)18-8-19-15(13)21)23-10-25(17,22)24-12-5-3-2-4-6-12/h2-6,8-9,11H,7,10H2,1H3,(H2,17,22)(H2,16,18,19)/t11-,25?/m1/s1. The van der Waals surface area contributed by atoms with Crippen molar-refractivity contribution in [2.24, 2.45) is 5.50 Å². The van der Waals surface area contributed by atoms with E-state index < -0.39 is 7.52 Å².